The van der Waals surface area contributed by atoms with Crippen LogP contribution in [0, 0.1) is 5.92 Å². The van der Waals surface area contributed by atoms with Crippen molar-refractivity contribution in [3.63, 3.8) is 0 Å². The number of hydrogen-bond acceptors (Lipinski definition) is 4. The van der Waals surface area contributed by atoms with Gasteiger partial charge in [-0.05, 0) is 19.4 Å². The molecule has 0 fully saturated rings. The van der Waals surface area contributed by atoms with Crippen molar-refractivity contribution in [2.45, 2.75) is 25.5 Å². The molecule has 0 saturated heterocycles. The average molecular weight is 191 g/mol. The monoisotopic (exact) mass is 191 g/mol. The summed E-state index contributed by atoms with van der Waals surface area (Å²) in [5, 5.41) is 29.0. The molecule has 13 heavy (non-hydrogen) atoms. The van der Waals surface area contributed by atoms with Crippen LogP contribution in [-0.2, 0) is 4.79 Å². The van der Waals surface area contributed by atoms with E-state index in [0.717, 1.165) is 0 Å². The first kappa shape index (κ1) is 12.3. The molecule has 0 radical (unpaired) electrons. The highest BCUT2D eigenvalue weighted by Gasteiger charge is 2.24. The Kier molecular flexibility index (Phi) is 5.61. The minimum atomic E-state index is -0.944. The third-order valence-electron chi connectivity index (χ3n) is 2.00. The van der Waals surface area contributed by atoms with Crippen LogP contribution in [0.25, 0.3) is 0 Å². The summed E-state index contributed by atoms with van der Waals surface area (Å²) >= 11 is 0. The fourth-order valence-corrected chi connectivity index (χ4v) is 1.29. The number of carbonyl (C=O) groups is 1. The van der Waals surface area contributed by atoms with E-state index in [1.54, 1.807) is 14.0 Å². The fraction of sp³-hybridized carbons (Fsp3) is 0.875. The Balaban J connectivity index is 4.05. The van der Waals surface area contributed by atoms with E-state index >= 15 is 0 Å². The molecule has 0 aromatic rings. The van der Waals surface area contributed by atoms with Crippen molar-refractivity contribution in [1.29, 1.82) is 0 Å². The van der Waals surface area contributed by atoms with Gasteiger partial charge in [-0.2, -0.15) is 0 Å². The molecule has 0 bridgehead atoms. The highest BCUT2D eigenvalue weighted by atomic mass is 16.4. The highest BCUT2D eigenvalue weighted by molar-refractivity contribution is 5.73. The topological polar surface area (TPSA) is 89.8 Å². The van der Waals surface area contributed by atoms with E-state index in [4.69, 9.17) is 15.3 Å². The first-order valence-corrected chi connectivity index (χ1v) is 4.21. The third kappa shape index (κ3) is 4.21. The fourth-order valence-electron chi connectivity index (χ4n) is 1.29. The largest absolute Gasteiger partial charge is 0.480 e. The van der Waals surface area contributed by atoms with Gasteiger partial charge >= 0.3 is 5.97 Å². The van der Waals surface area contributed by atoms with Crippen molar-refractivity contribution in [3.05, 3.63) is 0 Å². The van der Waals surface area contributed by atoms with Gasteiger partial charge in [0, 0.05) is 0 Å². The van der Waals surface area contributed by atoms with E-state index in [2.05, 4.69) is 5.32 Å². The Labute approximate surface area is 77.4 Å². The number of likely N-dealkylation sites (N-methyl/N-ethyl adjacent to an activating group) is 1. The van der Waals surface area contributed by atoms with Crippen LogP contribution < -0.4 is 5.32 Å². The molecule has 0 rings (SSSR count). The van der Waals surface area contributed by atoms with E-state index < -0.39 is 18.1 Å². The molecule has 0 unspecified atom stereocenters. The molecule has 0 aromatic carbocycles. The van der Waals surface area contributed by atoms with Crippen molar-refractivity contribution in [2.24, 2.45) is 5.92 Å². The molecule has 0 saturated carbocycles. The van der Waals surface area contributed by atoms with E-state index in [-0.39, 0.29) is 18.9 Å². The molecule has 5 heteroatoms. The standard InChI is InChI=1S/C8H17NO4/c1-5(3-6(11)4-10)7(9-2)8(12)13/h5-7,9-11H,3-4H2,1-2H3,(H,12,13)/t5-,6+,7-/m0/s1. The summed E-state index contributed by atoms with van der Waals surface area (Å²) in [7, 11) is 1.56. The maximum absolute atomic E-state index is 10.6. The Bertz CT molecular complexity index is 162. The first-order chi connectivity index (χ1) is 6.02. The second kappa shape index (κ2) is 5.90. The summed E-state index contributed by atoms with van der Waals surface area (Å²) in [6, 6.07) is -0.679. The Hall–Kier alpha value is -0.650. The van der Waals surface area contributed by atoms with Gasteiger partial charge in [-0.25, -0.2) is 0 Å². The number of aliphatic hydroxyl groups is 2. The second-order valence-electron chi connectivity index (χ2n) is 3.15. The number of aliphatic hydroxyl groups excluding tert-OH is 2. The lowest BCUT2D eigenvalue weighted by molar-refractivity contribution is -0.141. The zero-order valence-electron chi connectivity index (χ0n) is 7.90. The van der Waals surface area contributed by atoms with Gasteiger partial charge in [0.1, 0.15) is 6.04 Å². The molecule has 4 N–H and O–H groups in total. The summed E-state index contributed by atoms with van der Waals surface area (Å²) in [6.07, 6.45) is -0.570. The number of aliphatic carboxylic acids is 1. The lowest BCUT2D eigenvalue weighted by atomic mass is 9.95. The number of rotatable bonds is 6. The zero-order valence-corrected chi connectivity index (χ0v) is 7.90. The van der Waals surface area contributed by atoms with Gasteiger partial charge in [0.15, 0.2) is 0 Å². The van der Waals surface area contributed by atoms with Crippen molar-refractivity contribution in [2.75, 3.05) is 13.7 Å². The normalized spacial score (nSPS) is 17.8. The number of carboxylic acids is 1. The van der Waals surface area contributed by atoms with Crippen LogP contribution in [0.3, 0.4) is 0 Å². The predicted octanol–water partition coefficient (Wildman–Crippen LogP) is -0.962. The molecule has 0 aliphatic heterocycles. The molecule has 0 spiro atoms. The smallest absolute Gasteiger partial charge is 0.320 e. The lowest BCUT2D eigenvalue weighted by Gasteiger charge is -2.21. The number of carboxylic acid groups (broad SMARTS) is 1. The quantitative estimate of drug-likeness (QED) is 0.434. The highest BCUT2D eigenvalue weighted by Crippen LogP contribution is 2.10. The summed E-state index contributed by atoms with van der Waals surface area (Å²) < 4.78 is 0. The van der Waals surface area contributed by atoms with E-state index in [9.17, 15) is 4.79 Å². The third-order valence-corrected chi connectivity index (χ3v) is 2.00. The second-order valence-corrected chi connectivity index (χ2v) is 3.15. The number of hydrogen-bond donors (Lipinski definition) is 4. The Morgan fingerprint density at radius 2 is 2.08 bits per heavy atom. The van der Waals surface area contributed by atoms with Crippen LogP contribution in [0.4, 0.5) is 0 Å². The first-order valence-electron chi connectivity index (χ1n) is 4.21. The zero-order chi connectivity index (χ0) is 10.4. The minimum absolute atomic E-state index is 0.218. The molecule has 3 atom stereocenters. The average Bonchev–Trinajstić information content (AvgIpc) is 2.04. The predicted molar refractivity (Wildman–Crippen MR) is 47.4 cm³/mol. The van der Waals surface area contributed by atoms with Crippen molar-refractivity contribution in [1.82, 2.24) is 5.32 Å². The van der Waals surface area contributed by atoms with Crippen LogP contribution in [0.5, 0.6) is 0 Å². The lowest BCUT2D eigenvalue weighted by Crippen LogP contribution is -2.41. The van der Waals surface area contributed by atoms with Gasteiger partial charge in [-0.3, -0.25) is 4.79 Å². The summed E-state index contributed by atoms with van der Waals surface area (Å²) in [4.78, 5) is 10.6. The molecule has 5 nitrogen and oxygen atoms in total. The van der Waals surface area contributed by atoms with Crippen molar-refractivity contribution < 1.29 is 20.1 Å². The maximum Gasteiger partial charge on any atom is 0.320 e. The molecule has 0 heterocycles. The molecular formula is C8H17NO4. The minimum Gasteiger partial charge on any atom is -0.480 e. The molecule has 0 aliphatic rings. The Morgan fingerprint density at radius 3 is 2.38 bits per heavy atom. The van der Waals surface area contributed by atoms with E-state index in [1.807, 2.05) is 0 Å². The summed E-state index contributed by atoms with van der Waals surface area (Å²) in [5.74, 6) is -1.16. The Morgan fingerprint density at radius 1 is 1.54 bits per heavy atom. The van der Waals surface area contributed by atoms with Gasteiger partial charge < -0.3 is 20.6 Å². The van der Waals surface area contributed by atoms with E-state index in [0.29, 0.717) is 0 Å². The van der Waals surface area contributed by atoms with Crippen molar-refractivity contribution >= 4 is 5.97 Å². The SMILES string of the molecule is CN[C@H](C(=O)O)[C@@H](C)C[C@@H](O)CO. The van der Waals surface area contributed by atoms with Crippen LogP contribution >= 0.6 is 0 Å². The molecule has 0 aliphatic carbocycles. The van der Waals surface area contributed by atoms with Crippen molar-refractivity contribution in [3.8, 4) is 0 Å². The molecule has 78 valence electrons. The summed E-state index contributed by atoms with van der Waals surface area (Å²) in [5.41, 5.74) is 0. The van der Waals surface area contributed by atoms with Gasteiger partial charge in [0.05, 0.1) is 12.7 Å². The van der Waals surface area contributed by atoms with Gasteiger partial charge in [-0.1, -0.05) is 6.92 Å². The van der Waals surface area contributed by atoms with Crippen LogP contribution in [0.2, 0.25) is 0 Å². The number of nitrogens with one attached hydrogen (secondary N) is 1. The van der Waals surface area contributed by atoms with Gasteiger partial charge in [0.25, 0.3) is 0 Å². The van der Waals surface area contributed by atoms with Gasteiger partial charge in [-0.15, -0.1) is 0 Å². The maximum atomic E-state index is 10.6. The van der Waals surface area contributed by atoms with E-state index in [1.165, 1.54) is 0 Å². The van der Waals surface area contributed by atoms with Gasteiger partial charge in [0.2, 0.25) is 0 Å². The molecular weight excluding hydrogens is 174 g/mol. The van der Waals surface area contributed by atoms with Crippen LogP contribution in [0.15, 0.2) is 0 Å². The summed E-state index contributed by atoms with van der Waals surface area (Å²) in [6.45, 7) is 1.38. The van der Waals surface area contributed by atoms with Crippen LogP contribution in [0.1, 0.15) is 13.3 Å². The van der Waals surface area contributed by atoms with Crippen LogP contribution in [-0.4, -0.2) is 47.1 Å². The molecule has 0 aromatic heterocycles. The molecule has 0 amide bonds.